The highest BCUT2D eigenvalue weighted by atomic mass is 16.4. The van der Waals surface area contributed by atoms with E-state index in [1.165, 1.54) is 0 Å². The van der Waals surface area contributed by atoms with Crippen molar-refractivity contribution in [3.63, 3.8) is 0 Å². The summed E-state index contributed by atoms with van der Waals surface area (Å²) in [6.07, 6.45) is 4.67. The van der Waals surface area contributed by atoms with Crippen LogP contribution in [0.25, 0.3) is 11.0 Å². The Labute approximate surface area is 152 Å². The van der Waals surface area contributed by atoms with E-state index in [9.17, 15) is 14.7 Å². The van der Waals surface area contributed by atoms with Crippen molar-refractivity contribution in [3.05, 3.63) is 23.5 Å². The summed E-state index contributed by atoms with van der Waals surface area (Å²) in [4.78, 5) is 31.2. The summed E-state index contributed by atoms with van der Waals surface area (Å²) in [7, 11) is 0. The Balaban J connectivity index is 1.72. The van der Waals surface area contributed by atoms with Crippen LogP contribution < -0.4 is 0 Å². The number of fused-ring (bicyclic) bond motifs is 2. The first-order valence-corrected chi connectivity index (χ1v) is 9.27. The maximum atomic E-state index is 13.2. The molecule has 1 saturated heterocycles. The van der Waals surface area contributed by atoms with Crippen molar-refractivity contribution in [1.82, 2.24) is 19.7 Å². The van der Waals surface area contributed by atoms with Crippen LogP contribution in [0.4, 0.5) is 0 Å². The van der Waals surface area contributed by atoms with Crippen LogP contribution in [0.2, 0.25) is 0 Å². The van der Waals surface area contributed by atoms with E-state index in [1.807, 2.05) is 18.5 Å². The van der Waals surface area contributed by atoms with Gasteiger partial charge < -0.3 is 10.0 Å². The number of carboxylic acids is 1. The van der Waals surface area contributed by atoms with E-state index in [0.717, 1.165) is 30.3 Å². The monoisotopic (exact) mass is 356 g/mol. The van der Waals surface area contributed by atoms with Gasteiger partial charge in [0.1, 0.15) is 6.04 Å². The van der Waals surface area contributed by atoms with Crippen molar-refractivity contribution < 1.29 is 14.7 Å². The summed E-state index contributed by atoms with van der Waals surface area (Å²) < 4.78 is 1.83. The van der Waals surface area contributed by atoms with Crippen LogP contribution in [0.15, 0.2) is 12.3 Å². The second-order valence-corrected chi connectivity index (χ2v) is 7.81. The molecule has 2 aromatic rings. The molecule has 0 bridgehead atoms. The summed E-state index contributed by atoms with van der Waals surface area (Å²) in [5.74, 6) is -0.735. The quantitative estimate of drug-likeness (QED) is 0.913. The number of pyridine rings is 1. The third-order valence-electron chi connectivity index (χ3n) is 5.88. The summed E-state index contributed by atoms with van der Waals surface area (Å²) in [5.41, 5.74) is 1.85. The van der Waals surface area contributed by atoms with Crippen molar-refractivity contribution >= 4 is 22.9 Å². The minimum atomic E-state index is -0.896. The van der Waals surface area contributed by atoms with Gasteiger partial charge in [-0.2, -0.15) is 5.10 Å². The molecular weight excluding hydrogens is 332 g/mol. The van der Waals surface area contributed by atoms with Gasteiger partial charge in [-0.05, 0) is 51.5 Å². The van der Waals surface area contributed by atoms with Crippen molar-refractivity contribution in [1.29, 1.82) is 0 Å². The minimum Gasteiger partial charge on any atom is -0.480 e. The molecule has 1 aliphatic heterocycles. The molecule has 3 atom stereocenters. The average Bonchev–Trinajstić information content (AvgIpc) is 3.25. The number of aryl methyl sites for hydroxylation is 1. The van der Waals surface area contributed by atoms with Crippen LogP contribution in [-0.4, -0.2) is 49.2 Å². The standard InChI is InChI=1S/C19H24N4O3/c1-10(2)23-17-13(8-20-23)7-15(11(3)21-17)18(24)22-9-12-5-4-6-14(12)16(22)19(25)26/h7-8,10,12,14,16H,4-6,9H2,1-3H3,(H,25,26). The third-order valence-corrected chi connectivity index (χ3v) is 5.88. The lowest BCUT2D eigenvalue weighted by atomic mass is 9.94. The van der Waals surface area contributed by atoms with E-state index >= 15 is 0 Å². The molecule has 138 valence electrons. The summed E-state index contributed by atoms with van der Waals surface area (Å²) >= 11 is 0. The van der Waals surface area contributed by atoms with E-state index in [1.54, 1.807) is 24.1 Å². The van der Waals surface area contributed by atoms with Crippen LogP contribution in [-0.2, 0) is 4.79 Å². The van der Waals surface area contributed by atoms with E-state index in [0.29, 0.717) is 23.7 Å². The molecule has 2 fully saturated rings. The van der Waals surface area contributed by atoms with Gasteiger partial charge in [-0.3, -0.25) is 4.79 Å². The SMILES string of the molecule is Cc1nc2c(cnn2C(C)C)cc1C(=O)N1CC2CCCC2C1C(=O)O. The van der Waals surface area contributed by atoms with Gasteiger partial charge in [0.05, 0.1) is 17.5 Å². The molecular formula is C19H24N4O3. The predicted octanol–water partition coefficient (Wildman–Crippen LogP) is 2.65. The number of amides is 1. The molecule has 2 aromatic heterocycles. The van der Waals surface area contributed by atoms with E-state index in [2.05, 4.69) is 10.1 Å². The molecule has 0 radical (unpaired) electrons. The van der Waals surface area contributed by atoms with Gasteiger partial charge in [-0.15, -0.1) is 0 Å². The Kier molecular flexibility index (Phi) is 3.97. The molecule has 7 heteroatoms. The van der Waals surface area contributed by atoms with Gasteiger partial charge in [-0.1, -0.05) is 6.42 Å². The van der Waals surface area contributed by atoms with Gasteiger partial charge in [0.2, 0.25) is 0 Å². The highest BCUT2D eigenvalue weighted by Gasteiger charge is 2.49. The van der Waals surface area contributed by atoms with Gasteiger partial charge in [0.25, 0.3) is 5.91 Å². The van der Waals surface area contributed by atoms with Gasteiger partial charge in [0, 0.05) is 18.0 Å². The number of aromatic nitrogens is 3. The summed E-state index contributed by atoms with van der Waals surface area (Å²) in [6, 6.07) is 1.26. The molecule has 7 nitrogen and oxygen atoms in total. The number of aliphatic carboxylic acids is 1. The second kappa shape index (κ2) is 6.07. The normalized spacial score (nSPS) is 25.2. The lowest BCUT2D eigenvalue weighted by Gasteiger charge is -2.25. The van der Waals surface area contributed by atoms with Crippen LogP contribution in [0.3, 0.4) is 0 Å². The first-order chi connectivity index (χ1) is 12.4. The van der Waals surface area contributed by atoms with Gasteiger partial charge in [-0.25, -0.2) is 14.5 Å². The fourth-order valence-corrected chi connectivity index (χ4v) is 4.65. The number of hydrogen-bond donors (Lipinski definition) is 1. The van der Waals surface area contributed by atoms with Gasteiger partial charge in [0.15, 0.2) is 5.65 Å². The zero-order valence-corrected chi connectivity index (χ0v) is 15.3. The number of likely N-dealkylation sites (tertiary alicyclic amines) is 1. The molecule has 2 aliphatic rings. The predicted molar refractivity (Wildman–Crippen MR) is 95.9 cm³/mol. The summed E-state index contributed by atoms with van der Waals surface area (Å²) in [6.45, 7) is 6.39. The van der Waals surface area contributed by atoms with Crippen molar-refractivity contribution in [2.45, 2.75) is 52.1 Å². The van der Waals surface area contributed by atoms with Gasteiger partial charge >= 0.3 is 5.97 Å². The lowest BCUT2D eigenvalue weighted by Crippen LogP contribution is -2.43. The van der Waals surface area contributed by atoms with Crippen LogP contribution >= 0.6 is 0 Å². The molecule has 1 aliphatic carbocycles. The van der Waals surface area contributed by atoms with Crippen molar-refractivity contribution in [3.8, 4) is 0 Å². The Morgan fingerprint density at radius 2 is 2.08 bits per heavy atom. The number of hydrogen-bond acceptors (Lipinski definition) is 4. The maximum absolute atomic E-state index is 13.2. The molecule has 3 unspecified atom stereocenters. The number of carbonyl (C=O) groups is 2. The number of carboxylic acid groups (broad SMARTS) is 1. The van der Waals surface area contributed by atoms with Crippen molar-refractivity contribution in [2.24, 2.45) is 11.8 Å². The van der Waals surface area contributed by atoms with E-state index in [-0.39, 0.29) is 17.9 Å². The smallest absolute Gasteiger partial charge is 0.326 e. The molecule has 26 heavy (non-hydrogen) atoms. The van der Waals surface area contributed by atoms with E-state index < -0.39 is 12.0 Å². The number of rotatable bonds is 3. The summed E-state index contributed by atoms with van der Waals surface area (Å²) in [5, 5.41) is 14.9. The second-order valence-electron chi connectivity index (χ2n) is 7.81. The average molecular weight is 356 g/mol. The van der Waals surface area contributed by atoms with Crippen LogP contribution in [0, 0.1) is 18.8 Å². The minimum absolute atomic E-state index is 0.0807. The molecule has 1 amide bonds. The topological polar surface area (TPSA) is 88.3 Å². The van der Waals surface area contributed by atoms with E-state index in [4.69, 9.17) is 0 Å². The molecule has 1 N–H and O–H groups in total. The molecule has 4 rings (SSSR count). The Morgan fingerprint density at radius 1 is 1.31 bits per heavy atom. The number of nitrogens with zero attached hydrogens (tertiary/aromatic N) is 4. The lowest BCUT2D eigenvalue weighted by molar-refractivity contribution is -0.142. The first kappa shape index (κ1) is 17.0. The Bertz CT molecular complexity index is 888. The molecule has 0 spiro atoms. The fourth-order valence-electron chi connectivity index (χ4n) is 4.65. The Hall–Kier alpha value is -2.44. The largest absolute Gasteiger partial charge is 0.480 e. The van der Waals surface area contributed by atoms with Crippen LogP contribution in [0.1, 0.15) is 55.2 Å². The number of carbonyl (C=O) groups excluding carboxylic acids is 1. The molecule has 3 heterocycles. The Morgan fingerprint density at radius 3 is 2.77 bits per heavy atom. The molecule has 0 aromatic carbocycles. The van der Waals surface area contributed by atoms with Crippen LogP contribution in [0.5, 0.6) is 0 Å². The van der Waals surface area contributed by atoms with Crippen molar-refractivity contribution in [2.75, 3.05) is 6.54 Å². The third kappa shape index (κ3) is 2.48. The zero-order chi connectivity index (χ0) is 18.6. The fraction of sp³-hybridized carbons (Fsp3) is 0.579. The highest BCUT2D eigenvalue weighted by Crippen LogP contribution is 2.43. The molecule has 1 saturated carbocycles. The highest BCUT2D eigenvalue weighted by molar-refractivity contribution is 6.00. The first-order valence-electron chi connectivity index (χ1n) is 9.27. The maximum Gasteiger partial charge on any atom is 0.326 e. The zero-order valence-electron chi connectivity index (χ0n) is 15.3.